The van der Waals surface area contributed by atoms with Crippen LogP contribution in [0.5, 0.6) is 5.75 Å². The number of aromatic carboxylic acids is 1. The fourth-order valence-electron chi connectivity index (χ4n) is 2.05. The van der Waals surface area contributed by atoms with Gasteiger partial charge in [0.05, 0.1) is 6.61 Å². The van der Waals surface area contributed by atoms with Crippen molar-refractivity contribution in [3.63, 3.8) is 0 Å². The summed E-state index contributed by atoms with van der Waals surface area (Å²) in [5.41, 5.74) is 1.13. The van der Waals surface area contributed by atoms with E-state index in [0.29, 0.717) is 18.4 Å². The maximum Gasteiger partial charge on any atom is 0.358 e. The number of carboxylic acids is 1. The summed E-state index contributed by atoms with van der Waals surface area (Å²) >= 11 is 0. The number of hydrogen-bond acceptors (Lipinski definition) is 4. The van der Waals surface area contributed by atoms with E-state index in [0.717, 1.165) is 5.56 Å². The molecular weight excluding hydrogens is 277 g/mol. The number of benzene rings is 1. The van der Waals surface area contributed by atoms with Gasteiger partial charge in [0.1, 0.15) is 5.82 Å². The average Bonchev–Trinajstić information content (AvgIpc) is 2.46. The van der Waals surface area contributed by atoms with E-state index in [9.17, 15) is 19.4 Å². The fourth-order valence-corrected chi connectivity index (χ4v) is 2.05. The summed E-state index contributed by atoms with van der Waals surface area (Å²) in [6, 6.07) is 6.00. The van der Waals surface area contributed by atoms with Gasteiger partial charge in [-0.25, -0.2) is 14.2 Å². The molecule has 0 fully saturated rings. The Morgan fingerprint density at radius 2 is 1.86 bits per heavy atom. The summed E-state index contributed by atoms with van der Waals surface area (Å²) in [6.07, 6.45) is 2.33. The molecule has 0 radical (unpaired) electrons. The first-order chi connectivity index (χ1) is 10.0. The molecule has 110 valence electrons. The van der Waals surface area contributed by atoms with Gasteiger partial charge in [-0.2, -0.15) is 0 Å². The Balaban J connectivity index is 2.22. The van der Waals surface area contributed by atoms with Crippen LogP contribution in [0.2, 0.25) is 0 Å². The van der Waals surface area contributed by atoms with Crippen LogP contribution in [-0.2, 0) is 19.4 Å². The van der Waals surface area contributed by atoms with Crippen molar-refractivity contribution in [3.05, 3.63) is 58.7 Å². The minimum absolute atomic E-state index is 0.157. The molecule has 0 spiro atoms. The highest BCUT2D eigenvalue weighted by atomic mass is 19.1. The largest absolute Gasteiger partial charge is 0.505 e. The van der Waals surface area contributed by atoms with E-state index in [4.69, 9.17) is 5.11 Å². The molecule has 0 atom stereocenters. The van der Waals surface area contributed by atoms with Crippen LogP contribution in [0.1, 0.15) is 27.2 Å². The van der Waals surface area contributed by atoms with E-state index >= 15 is 0 Å². The van der Waals surface area contributed by atoms with Crippen LogP contribution in [0.15, 0.2) is 30.5 Å². The van der Waals surface area contributed by atoms with Gasteiger partial charge in [0.15, 0.2) is 11.4 Å². The predicted molar refractivity (Wildman–Crippen MR) is 72.6 cm³/mol. The van der Waals surface area contributed by atoms with E-state index in [2.05, 4.69) is 4.98 Å². The lowest BCUT2D eigenvalue weighted by atomic mass is 10.0. The number of aromatic hydroxyl groups is 1. The maximum absolute atomic E-state index is 12.8. The second-order valence-corrected chi connectivity index (χ2v) is 4.55. The highest BCUT2D eigenvalue weighted by Crippen LogP contribution is 2.25. The van der Waals surface area contributed by atoms with Crippen LogP contribution < -0.4 is 0 Å². The van der Waals surface area contributed by atoms with Crippen LogP contribution in [0.3, 0.4) is 0 Å². The Bertz CT molecular complexity index is 655. The number of carbonyl (C=O) groups is 1. The second kappa shape index (κ2) is 6.32. The average molecular weight is 291 g/mol. The van der Waals surface area contributed by atoms with E-state index in [-0.39, 0.29) is 11.4 Å². The second-order valence-electron chi connectivity index (χ2n) is 4.55. The van der Waals surface area contributed by atoms with Crippen molar-refractivity contribution < 1.29 is 24.5 Å². The third-order valence-electron chi connectivity index (χ3n) is 3.20. The summed E-state index contributed by atoms with van der Waals surface area (Å²) in [4.78, 5) is 14.6. The van der Waals surface area contributed by atoms with Crippen molar-refractivity contribution in [2.45, 2.75) is 19.4 Å². The number of aliphatic hydroxyl groups is 1. The van der Waals surface area contributed by atoms with Gasteiger partial charge < -0.3 is 15.3 Å². The number of aliphatic hydroxyl groups excluding tert-OH is 1. The maximum atomic E-state index is 12.8. The van der Waals surface area contributed by atoms with Crippen molar-refractivity contribution in [3.8, 4) is 5.75 Å². The first kappa shape index (κ1) is 14.9. The smallest absolute Gasteiger partial charge is 0.358 e. The number of pyridine rings is 1. The van der Waals surface area contributed by atoms with Crippen LogP contribution in [0.4, 0.5) is 4.39 Å². The number of aryl methyl sites for hydroxylation is 2. The molecule has 21 heavy (non-hydrogen) atoms. The molecule has 5 nitrogen and oxygen atoms in total. The summed E-state index contributed by atoms with van der Waals surface area (Å²) in [5, 5.41) is 28.0. The van der Waals surface area contributed by atoms with Crippen molar-refractivity contribution in [2.24, 2.45) is 0 Å². The zero-order valence-corrected chi connectivity index (χ0v) is 11.1. The van der Waals surface area contributed by atoms with Crippen molar-refractivity contribution in [2.75, 3.05) is 0 Å². The molecule has 6 heteroatoms. The summed E-state index contributed by atoms with van der Waals surface area (Å²) < 4.78 is 12.8. The summed E-state index contributed by atoms with van der Waals surface area (Å²) in [6.45, 7) is -0.479. The lowest BCUT2D eigenvalue weighted by Gasteiger charge is -2.10. The highest BCUT2D eigenvalue weighted by Gasteiger charge is 2.18. The molecule has 1 aromatic carbocycles. The standard InChI is InChI=1S/C15H14FNO4/c16-11-5-2-9(3-6-11)1-4-10-7-17-13(15(20)21)14(19)12(10)8-18/h2-3,5-7,18-19H,1,4,8H2,(H,20,21). The van der Waals surface area contributed by atoms with Gasteiger partial charge in [-0.05, 0) is 36.1 Å². The molecule has 0 amide bonds. The number of hydrogen-bond donors (Lipinski definition) is 3. The molecule has 1 aromatic heterocycles. The van der Waals surface area contributed by atoms with E-state index in [1.807, 2.05) is 0 Å². The predicted octanol–water partition coefficient (Wildman–Crippen LogP) is 1.90. The van der Waals surface area contributed by atoms with Gasteiger partial charge >= 0.3 is 5.97 Å². The van der Waals surface area contributed by atoms with E-state index in [1.54, 1.807) is 12.1 Å². The number of nitrogens with zero attached hydrogens (tertiary/aromatic N) is 1. The van der Waals surface area contributed by atoms with Crippen molar-refractivity contribution in [1.29, 1.82) is 0 Å². The minimum Gasteiger partial charge on any atom is -0.505 e. The van der Waals surface area contributed by atoms with Gasteiger partial charge in [-0.15, -0.1) is 0 Å². The van der Waals surface area contributed by atoms with Crippen LogP contribution >= 0.6 is 0 Å². The molecule has 2 rings (SSSR count). The zero-order valence-electron chi connectivity index (χ0n) is 11.1. The molecule has 0 saturated heterocycles. The Morgan fingerprint density at radius 3 is 2.43 bits per heavy atom. The van der Waals surface area contributed by atoms with E-state index in [1.165, 1.54) is 18.3 Å². The number of aromatic nitrogens is 1. The normalized spacial score (nSPS) is 10.6. The monoisotopic (exact) mass is 291 g/mol. The molecule has 1 heterocycles. The highest BCUT2D eigenvalue weighted by molar-refractivity contribution is 5.89. The van der Waals surface area contributed by atoms with Gasteiger partial charge in [0.25, 0.3) is 0 Å². The molecule has 0 unspecified atom stereocenters. The van der Waals surface area contributed by atoms with Gasteiger partial charge in [-0.3, -0.25) is 0 Å². The Hall–Kier alpha value is -2.47. The molecule has 0 aliphatic rings. The Kier molecular flexibility index (Phi) is 4.49. The summed E-state index contributed by atoms with van der Waals surface area (Å²) in [7, 11) is 0. The number of carboxylic acid groups (broad SMARTS) is 1. The third-order valence-corrected chi connectivity index (χ3v) is 3.20. The molecule has 2 aromatic rings. The number of rotatable bonds is 5. The molecule has 0 saturated carbocycles. The number of halogens is 1. The van der Waals surface area contributed by atoms with Crippen LogP contribution in [0, 0.1) is 5.82 Å². The lowest BCUT2D eigenvalue weighted by Crippen LogP contribution is -2.06. The first-order valence-corrected chi connectivity index (χ1v) is 6.31. The Morgan fingerprint density at radius 1 is 1.19 bits per heavy atom. The summed E-state index contributed by atoms with van der Waals surface area (Å²) in [5.74, 6) is -2.19. The molecule has 3 N–H and O–H groups in total. The third kappa shape index (κ3) is 3.35. The fraction of sp³-hybridized carbons (Fsp3) is 0.200. The topological polar surface area (TPSA) is 90.7 Å². The SMILES string of the molecule is O=C(O)c1ncc(CCc2ccc(F)cc2)c(CO)c1O. The van der Waals surface area contributed by atoms with Crippen LogP contribution in [-0.4, -0.2) is 26.3 Å². The molecule has 0 aliphatic heterocycles. The van der Waals surface area contributed by atoms with Crippen LogP contribution in [0.25, 0.3) is 0 Å². The molecular formula is C15H14FNO4. The van der Waals surface area contributed by atoms with Gasteiger partial charge in [0.2, 0.25) is 0 Å². The lowest BCUT2D eigenvalue weighted by molar-refractivity contribution is 0.0686. The molecule has 0 aliphatic carbocycles. The molecule has 0 bridgehead atoms. The minimum atomic E-state index is -1.35. The van der Waals surface area contributed by atoms with Gasteiger partial charge in [-0.1, -0.05) is 12.1 Å². The Labute approximate surface area is 120 Å². The van der Waals surface area contributed by atoms with E-state index < -0.39 is 24.0 Å². The van der Waals surface area contributed by atoms with Gasteiger partial charge in [0, 0.05) is 11.8 Å². The van der Waals surface area contributed by atoms with Crippen molar-refractivity contribution >= 4 is 5.97 Å². The van der Waals surface area contributed by atoms with Crippen molar-refractivity contribution in [1.82, 2.24) is 4.98 Å². The first-order valence-electron chi connectivity index (χ1n) is 6.31. The quantitative estimate of drug-likeness (QED) is 0.782. The zero-order chi connectivity index (χ0) is 15.4.